The van der Waals surface area contributed by atoms with E-state index in [1.165, 1.54) is 58.3 Å². The molecule has 10 aromatic rings. The first-order valence-electron chi connectivity index (χ1n) is 17.8. The van der Waals surface area contributed by atoms with E-state index >= 15 is 0 Å². The summed E-state index contributed by atoms with van der Waals surface area (Å²) in [6, 6.07) is 69.6. The zero-order valence-electron chi connectivity index (χ0n) is 28.7. The zero-order chi connectivity index (χ0) is 35.1. The second-order valence-corrected chi connectivity index (χ2v) is 15.2. The monoisotopic (exact) mass is 712 g/mol. The van der Waals surface area contributed by atoms with E-state index in [0.717, 1.165) is 33.1 Å². The summed E-state index contributed by atoms with van der Waals surface area (Å²) in [7, 11) is 0. The Morgan fingerprint density at radius 2 is 0.811 bits per heavy atom. The third kappa shape index (κ3) is 5.79. The Hall–Kier alpha value is -6.33. The molecule has 0 fully saturated rings. The minimum absolute atomic E-state index is 1.04. The highest BCUT2D eigenvalue weighted by molar-refractivity contribution is 7.27. The van der Waals surface area contributed by atoms with Crippen LogP contribution in [0.2, 0.25) is 0 Å². The van der Waals surface area contributed by atoms with Gasteiger partial charge >= 0.3 is 0 Å². The third-order valence-corrected chi connectivity index (χ3v) is 12.3. The molecule has 0 bridgehead atoms. The Morgan fingerprint density at radius 3 is 1.36 bits per heavy atom. The molecule has 53 heavy (non-hydrogen) atoms. The number of rotatable bonds is 7. The molecule has 0 saturated heterocycles. The fourth-order valence-corrected chi connectivity index (χ4v) is 9.74. The lowest BCUT2D eigenvalue weighted by molar-refractivity contribution is 1.28. The van der Waals surface area contributed by atoms with Crippen LogP contribution in [0, 0.1) is 0 Å². The number of thiophene rings is 1. The fourth-order valence-electron chi connectivity index (χ4n) is 7.30. The van der Waals surface area contributed by atoms with E-state index < -0.39 is 0 Å². The highest BCUT2D eigenvalue weighted by Gasteiger charge is 2.20. The lowest BCUT2D eigenvalue weighted by atomic mass is 10.0. The Bertz CT molecular complexity index is 2760. The van der Waals surface area contributed by atoms with Crippen molar-refractivity contribution in [3.8, 4) is 44.0 Å². The first-order chi connectivity index (χ1) is 26.3. The molecule has 250 valence electrons. The van der Waals surface area contributed by atoms with Gasteiger partial charge in [-0.1, -0.05) is 146 Å². The van der Waals surface area contributed by atoms with Gasteiger partial charge in [-0.15, -0.1) is 22.7 Å². The van der Waals surface area contributed by atoms with Crippen molar-refractivity contribution in [2.45, 2.75) is 0 Å². The minimum atomic E-state index is 1.04. The van der Waals surface area contributed by atoms with Gasteiger partial charge in [0.1, 0.15) is 5.01 Å². The molecule has 10 rings (SSSR count). The van der Waals surface area contributed by atoms with Gasteiger partial charge in [0, 0.05) is 48.4 Å². The number of anilines is 3. The van der Waals surface area contributed by atoms with Crippen LogP contribution in [0.5, 0.6) is 0 Å². The topological polar surface area (TPSA) is 16.1 Å². The standard InChI is InChI=1S/C49H32N2S2/c1-4-12-33(13-5-1)35-20-26-39(27-21-35)51(40-28-22-36(23-29-40)34-14-6-2-7-15-34)41-30-24-37(25-31-41)46-47-43(42-18-10-11-19-45(42)52-47)32-44-48(46)53-49(50-44)38-16-8-3-9-17-38/h1-32H. The summed E-state index contributed by atoms with van der Waals surface area (Å²) in [6.07, 6.45) is 0. The van der Waals surface area contributed by atoms with Crippen LogP contribution in [0.1, 0.15) is 0 Å². The number of benzene rings is 8. The molecular weight excluding hydrogens is 681 g/mol. The maximum Gasteiger partial charge on any atom is 0.124 e. The molecule has 0 radical (unpaired) electrons. The second kappa shape index (κ2) is 13.3. The highest BCUT2D eigenvalue weighted by Crippen LogP contribution is 2.47. The maximum absolute atomic E-state index is 5.20. The van der Waals surface area contributed by atoms with Gasteiger partial charge in [0.2, 0.25) is 0 Å². The van der Waals surface area contributed by atoms with Gasteiger partial charge in [0.25, 0.3) is 0 Å². The minimum Gasteiger partial charge on any atom is -0.311 e. The van der Waals surface area contributed by atoms with Crippen molar-refractivity contribution >= 4 is 70.1 Å². The molecule has 0 N–H and O–H groups in total. The smallest absolute Gasteiger partial charge is 0.124 e. The third-order valence-electron chi connectivity index (χ3n) is 9.92. The number of aromatic nitrogens is 1. The Kier molecular flexibility index (Phi) is 7.90. The van der Waals surface area contributed by atoms with Crippen molar-refractivity contribution in [3.63, 3.8) is 0 Å². The molecule has 0 unspecified atom stereocenters. The van der Waals surface area contributed by atoms with E-state index in [-0.39, 0.29) is 0 Å². The summed E-state index contributed by atoms with van der Waals surface area (Å²) in [5.74, 6) is 0. The predicted octanol–water partition coefficient (Wildman–Crippen LogP) is 14.8. The van der Waals surface area contributed by atoms with Crippen LogP contribution in [0.4, 0.5) is 17.1 Å². The largest absolute Gasteiger partial charge is 0.311 e. The van der Waals surface area contributed by atoms with Gasteiger partial charge in [-0.05, 0) is 76.3 Å². The van der Waals surface area contributed by atoms with Crippen LogP contribution in [0.3, 0.4) is 0 Å². The molecule has 2 aromatic heterocycles. The predicted molar refractivity (Wildman–Crippen MR) is 229 cm³/mol. The molecule has 0 aliphatic rings. The van der Waals surface area contributed by atoms with Crippen molar-refractivity contribution in [1.82, 2.24) is 4.98 Å². The SMILES string of the molecule is c1ccc(-c2ccc(N(c3ccc(-c4ccccc4)cc3)c3ccc(-c4c5sc(-c6ccccc6)nc5cc5c4sc4ccccc45)cc3)cc2)cc1. The first-order valence-corrected chi connectivity index (χ1v) is 19.4. The Balaban J connectivity index is 1.11. The summed E-state index contributed by atoms with van der Waals surface area (Å²) in [6.45, 7) is 0. The quantitative estimate of drug-likeness (QED) is 0.164. The Labute approximate surface area is 316 Å². The van der Waals surface area contributed by atoms with Gasteiger partial charge in [-0.2, -0.15) is 0 Å². The van der Waals surface area contributed by atoms with E-state index in [1.807, 2.05) is 11.3 Å². The van der Waals surface area contributed by atoms with Crippen molar-refractivity contribution in [3.05, 3.63) is 194 Å². The number of fused-ring (bicyclic) bond motifs is 4. The van der Waals surface area contributed by atoms with Crippen molar-refractivity contribution in [2.75, 3.05) is 4.90 Å². The van der Waals surface area contributed by atoms with Gasteiger partial charge in [-0.3, -0.25) is 0 Å². The first kappa shape index (κ1) is 31.4. The van der Waals surface area contributed by atoms with Crippen LogP contribution in [-0.2, 0) is 0 Å². The number of nitrogens with zero attached hydrogens (tertiary/aromatic N) is 2. The summed E-state index contributed by atoms with van der Waals surface area (Å²) in [4.78, 5) is 7.55. The van der Waals surface area contributed by atoms with E-state index in [2.05, 4.69) is 199 Å². The Morgan fingerprint density at radius 1 is 0.358 bits per heavy atom. The van der Waals surface area contributed by atoms with Gasteiger partial charge in [-0.25, -0.2) is 4.98 Å². The van der Waals surface area contributed by atoms with Gasteiger partial charge in [0.15, 0.2) is 0 Å². The molecule has 0 aliphatic carbocycles. The molecule has 2 nitrogen and oxygen atoms in total. The zero-order valence-corrected chi connectivity index (χ0v) is 30.3. The lowest BCUT2D eigenvalue weighted by Gasteiger charge is -2.26. The van der Waals surface area contributed by atoms with Crippen LogP contribution < -0.4 is 4.90 Å². The molecule has 4 heteroatoms. The van der Waals surface area contributed by atoms with Gasteiger partial charge < -0.3 is 4.90 Å². The maximum atomic E-state index is 5.20. The fraction of sp³-hybridized carbons (Fsp3) is 0. The van der Waals surface area contributed by atoms with E-state index in [0.29, 0.717) is 0 Å². The van der Waals surface area contributed by atoms with Gasteiger partial charge in [0.05, 0.1) is 10.2 Å². The molecule has 0 spiro atoms. The van der Waals surface area contributed by atoms with Crippen LogP contribution >= 0.6 is 22.7 Å². The van der Waals surface area contributed by atoms with Crippen molar-refractivity contribution in [2.24, 2.45) is 0 Å². The second-order valence-electron chi connectivity index (χ2n) is 13.2. The van der Waals surface area contributed by atoms with Crippen molar-refractivity contribution in [1.29, 1.82) is 0 Å². The summed E-state index contributed by atoms with van der Waals surface area (Å²) in [5.41, 5.74) is 12.8. The van der Waals surface area contributed by atoms with Crippen molar-refractivity contribution < 1.29 is 0 Å². The average Bonchev–Trinajstić information content (AvgIpc) is 3.83. The van der Waals surface area contributed by atoms with E-state index in [1.54, 1.807) is 11.3 Å². The van der Waals surface area contributed by atoms with E-state index in [4.69, 9.17) is 4.98 Å². The summed E-state index contributed by atoms with van der Waals surface area (Å²) >= 11 is 3.66. The van der Waals surface area contributed by atoms with Crippen LogP contribution in [0.25, 0.3) is 74.3 Å². The van der Waals surface area contributed by atoms with E-state index in [9.17, 15) is 0 Å². The highest BCUT2D eigenvalue weighted by atomic mass is 32.1. The van der Waals surface area contributed by atoms with Crippen LogP contribution in [-0.4, -0.2) is 4.98 Å². The molecule has 0 atom stereocenters. The molecule has 0 aliphatic heterocycles. The lowest BCUT2D eigenvalue weighted by Crippen LogP contribution is -2.09. The van der Waals surface area contributed by atoms with Crippen LogP contribution in [0.15, 0.2) is 194 Å². The molecule has 8 aromatic carbocycles. The molecular formula is C49H32N2S2. The molecule has 2 heterocycles. The number of hydrogen-bond acceptors (Lipinski definition) is 4. The summed E-state index contributed by atoms with van der Waals surface area (Å²) in [5, 5.41) is 3.59. The average molecular weight is 713 g/mol. The number of thiazole rings is 1. The molecule has 0 amide bonds. The number of hydrogen-bond donors (Lipinski definition) is 0. The molecule has 0 saturated carbocycles. The normalized spacial score (nSPS) is 11.4. The summed E-state index contributed by atoms with van der Waals surface area (Å²) < 4.78 is 3.82.